The molecule has 1 aliphatic rings. The molecule has 1 heterocycles. The quantitative estimate of drug-likeness (QED) is 0.243. The molecule has 1 saturated heterocycles. The summed E-state index contributed by atoms with van der Waals surface area (Å²) in [5, 5.41) is 6.40. The van der Waals surface area contributed by atoms with Crippen LogP contribution in [0, 0.1) is 0 Å². The van der Waals surface area contributed by atoms with Crippen molar-refractivity contribution >= 4 is 46.8 Å². The number of halogens is 1. The maximum absolute atomic E-state index is 13.1. The van der Waals surface area contributed by atoms with Crippen molar-refractivity contribution in [3.8, 4) is 0 Å². The number of anilines is 1. The highest BCUT2D eigenvalue weighted by Crippen LogP contribution is 2.39. The van der Waals surface area contributed by atoms with E-state index in [4.69, 9.17) is 11.6 Å². The zero-order valence-corrected chi connectivity index (χ0v) is 23.4. The Hall–Kier alpha value is -4.07. The Morgan fingerprint density at radius 3 is 2.30 bits per heavy atom. The van der Waals surface area contributed by atoms with Gasteiger partial charge in [0, 0.05) is 17.1 Å². The number of benzene rings is 4. The third-order valence-corrected chi connectivity index (χ3v) is 8.27. The first-order valence-electron chi connectivity index (χ1n) is 12.9. The zero-order chi connectivity index (χ0) is 28.1. The molecule has 1 fully saturated rings. The fourth-order valence-corrected chi connectivity index (χ4v) is 5.88. The number of nitrogens with zero attached hydrogens (tertiary/aromatic N) is 1. The third-order valence-electron chi connectivity index (χ3n) is 6.76. The van der Waals surface area contributed by atoms with E-state index in [1.54, 1.807) is 48.2 Å². The fourth-order valence-electron chi connectivity index (χ4n) is 4.57. The monoisotopic (exact) mass is 569 g/mol. The molecule has 0 bridgehead atoms. The van der Waals surface area contributed by atoms with Gasteiger partial charge in [-0.05, 0) is 60.0 Å². The maximum Gasteiger partial charge on any atom is 0.255 e. The molecule has 6 nitrogen and oxygen atoms in total. The van der Waals surface area contributed by atoms with Crippen LogP contribution in [-0.2, 0) is 11.3 Å². The van der Waals surface area contributed by atoms with Gasteiger partial charge in [-0.25, -0.2) is 0 Å². The molecule has 8 heteroatoms. The molecular weight excluding hydrogens is 542 g/mol. The average molecular weight is 570 g/mol. The SMILES string of the molecule is C[C@@H](NC(=O)c1ccccc1NC(=O)c1ccc([C@H]2SCC(=O)N2Cc2ccc(Cl)cc2)cc1)c1ccccc1. The molecule has 5 rings (SSSR count). The van der Waals surface area contributed by atoms with E-state index in [2.05, 4.69) is 10.6 Å². The Morgan fingerprint density at radius 1 is 0.900 bits per heavy atom. The van der Waals surface area contributed by atoms with Crippen LogP contribution in [0.1, 0.15) is 55.7 Å². The normalized spacial score (nSPS) is 15.5. The molecular formula is C32H28ClN3O3S. The van der Waals surface area contributed by atoms with Crippen LogP contribution in [0.5, 0.6) is 0 Å². The first kappa shape index (κ1) is 27.5. The lowest BCUT2D eigenvalue weighted by Gasteiger charge is -2.24. The molecule has 0 aliphatic carbocycles. The summed E-state index contributed by atoms with van der Waals surface area (Å²) in [5.41, 5.74) is 4.20. The Kier molecular flexibility index (Phi) is 8.53. The summed E-state index contributed by atoms with van der Waals surface area (Å²) in [7, 11) is 0. The number of hydrogen-bond acceptors (Lipinski definition) is 4. The van der Waals surface area contributed by atoms with E-state index in [1.807, 2.05) is 78.6 Å². The van der Waals surface area contributed by atoms with Crippen LogP contribution in [0.4, 0.5) is 5.69 Å². The van der Waals surface area contributed by atoms with E-state index >= 15 is 0 Å². The zero-order valence-electron chi connectivity index (χ0n) is 21.8. The number of amides is 3. The number of hydrogen-bond donors (Lipinski definition) is 2. The van der Waals surface area contributed by atoms with Crippen LogP contribution >= 0.6 is 23.4 Å². The number of thioether (sulfide) groups is 1. The minimum Gasteiger partial charge on any atom is -0.345 e. The lowest BCUT2D eigenvalue weighted by atomic mass is 10.1. The summed E-state index contributed by atoms with van der Waals surface area (Å²) >= 11 is 7.57. The molecule has 0 aromatic heterocycles. The van der Waals surface area contributed by atoms with Crippen molar-refractivity contribution in [1.29, 1.82) is 0 Å². The summed E-state index contributed by atoms with van der Waals surface area (Å²) in [6.45, 7) is 2.40. The van der Waals surface area contributed by atoms with E-state index in [9.17, 15) is 14.4 Å². The van der Waals surface area contributed by atoms with Gasteiger partial charge in [-0.15, -0.1) is 11.8 Å². The number of para-hydroxylation sites is 1. The number of carbonyl (C=O) groups is 3. The fraction of sp³-hybridized carbons (Fsp3) is 0.156. The molecule has 1 aliphatic heterocycles. The van der Waals surface area contributed by atoms with Crippen molar-refractivity contribution in [3.05, 3.63) is 136 Å². The highest BCUT2D eigenvalue weighted by atomic mass is 35.5. The molecule has 40 heavy (non-hydrogen) atoms. The maximum atomic E-state index is 13.1. The Labute approximate surface area is 242 Å². The van der Waals surface area contributed by atoms with E-state index in [0.717, 1.165) is 16.7 Å². The van der Waals surface area contributed by atoms with Gasteiger partial charge in [-0.3, -0.25) is 14.4 Å². The second-order valence-electron chi connectivity index (χ2n) is 9.54. The average Bonchev–Trinajstić information content (AvgIpc) is 3.34. The van der Waals surface area contributed by atoms with E-state index in [-0.39, 0.29) is 29.1 Å². The minimum atomic E-state index is -0.323. The lowest BCUT2D eigenvalue weighted by molar-refractivity contribution is -0.128. The predicted molar refractivity (Wildman–Crippen MR) is 160 cm³/mol. The second kappa shape index (κ2) is 12.4. The van der Waals surface area contributed by atoms with Crippen LogP contribution in [0.2, 0.25) is 5.02 Å². The van der Waals surface area contributed by atoms with Gasteiger partial charge in [0.05, 0.1) is 23.0 Å². The molecule has 202 valence electrons. The molecule has 2 atom stereocenters. The van der Waals surface area contributed by atoms with Crippen molar-refractivity contribution in [2.24, 2.45) is 0 Å². The largest absolute Gasteiger partial charge is 0.345 e. The first-order valence-corrected chi connectivity index (χ1v) is 14.3. The molecule has 4 aromatic rings. The summed E-state index contributed by atoms with van der Waals surface area (Å²) < 4.78 is 0. The predicted octanol–water partition coefficient (Wildman–Crippen LogP) is 6.86. The Morgan fingerprint density at radius 2 is 1.57 bits per heavy atom. The van der Waals surface area contributed by atoms with Crippen LogP contribution in [0.3, 0.4) is 0 Å². The van der Waals surface area contributed by atoms with E-state index in [1.165, 1.54) is 0 Å². The Balaban J connectivity index is 1.26. The molecule has 0 unspecified atom stereocenters. The van der Waals surface area contributed by atoms with Gasteiger partial charge in [0.25, 0.3) is 11.8 Å². The summed E-state index contributed by atoms with van der Waals surface area (Å²) in [4.78, 5) is 40.7. The van der Waals surface area contributed by atoms with Gasteiger partial charge >= 0.3 is 0 Å². The standard InChI is InChI=1S/C32H28ClN3O3S/c1-21(23-7-3-2-4-8-23)34-31(39)27-9-5-6-10-28(27)35-30(38)24-13-15-25(16-14-24)32-36(29(37)20-40-32)19-22-11-17-26(33)18-12-22/h2-18,21,32H,19-20H2,1H3,(H,34,39)(H,35,38)/t21-,32-/m1/s1. The summed E-state index contributed by atoms with van der Waals surface area (Å²) in [6.07, 6.45) is 0. The van der Waals surface area contributed by atoms with Gasteiger partial charge in [-0.1, -0.05) is 78.3 Å². The van der Waals surface area contributed by atoms with Crippen LogP contribution in [0.25, 0.3) is 0 Å². The van der Waals surface area contributed by atoms with Crippen LogP contribution < -0.4 is 10.6 Å². The first-order chi connectivity index (χ1) is 19.4. The molecule has 0 saturated carbocycles. The van der Waals surface area contributed by atoms with Gasteiger partial charge in [0.1, 0.15) is 5.37 Å². The summed E-state index contributed by atoms with van der Waals surface area (Å²) in [5.74, 6) is -0.118. The second-order valence-corrected chi connectivity index (χ2v) is 11.0. The van der Waals surface area contributed by atoms with Crippen LogP contribution in [0.15, 0.2) is 103 Å². The molecule has 2 N–H and O–H groups in total. The molecule has 0 spiro atoms. The van der Waals surface area contributed by atoms with Crippen molar-refractivity contribution in [2.45, 2.75) is 24.9 Å². The Bertz CT molecular complexity index is 1510. The van der Waals surface area contributed by atoms with E-state index in [0.29, 0.717) is 34.1 Å². The number of nitrogens with one attached hydrogen (secondary N) is 2. The van der Waals surface area contributed by atoms with Crippen molar-refractivity contribution in [3.63, 3.8) is 0 Å². The van der Waals surface area contributed by atoms with Gasteiger partial charge < -0.3 is 15.5 Å². The van der Waals surface area contributed by atoms with E-state index < -0.39 is 0 Å². The van der Waals surface area contributed by atoms with Crippen molar-refractivity contribution < 1.29 is 14.4 Å². The highest BCUT2D eigenvalue weighted by molar-refractivity contribution is 8.00. The smallest absolute Gasteiger partial charge is 0.255 e. The van der Waals surface area contributed by atoms with Crippen molar-refractivity contribution in [1.82, 2.24) is 10.2 Å². The minimum absolute atomic E-state index is 0.0724. The molecule has 4 aromatic carbocycles. The van der Waals surface area contributed by atoms with Gasteiger partial charge in [0.2, 0.25) is 5.91 Å². The molecule has 3 amide bonds. The van der Waals surface area contributed by atoms with Crippen LogP contribution in [-0.4, -0.2) is 28.4 Å². The highest BCUT2D eigenvalue weighted by Gasteiger charge is 2.32. The summed E-state index contributed by atoms with van der Waals surface area (Å²) in [6, 6.07) is 31.2. The van der Waals surface area contributed by atoms with Gasteiger partial charge in [-0.2, -0.15) is 0 Å². The topological polar surface area (TPSA) is 78.5 Å². The number of carbonyl (C=O) groups excluding carboxylic acids is 3. The number of rotatable bonds is 8. The molecule has 0 radical (unpaired) electrons. The lowest BCUT2D eigenvalue weighted by Crippen LogP contribution is -2.28. The van der Waals surface area contributed by atoms with Gasteiger partial charge in [0.15, 0.2) is 0 Å². The third kappa shape index (κ3) is 6.38. The van der Waals surface area contributed by atoms with Crippen molar-refractivity contribution in [2.75, 3.05) is 11.1 Å².